The van der Waals surface area contributed by atoms with Gasteiger partial charge in [-0.2, -0.15) is 0 Å². The van der Waals surface area contributed by atoms with Crippen molar-refractivity contribution >= 4 is 5.97 Å². The molecule has 1 saturated carbocycles. The standard InChI is InChI=1S/C13H12F2O2/c1-8-6-7-12(13(8,14)15)10-5-3-2-4-9(10)11(16)17-12/h2-5,8H,6-7H2,1H3. The Bertz CT molecular complexity index is 498. The zero-order valence-corrected chi connectivity index (χ0v) is 9.37. The highest BCUT2D eigenvalue weighted by molar-refractivity contribution is 5.95. The monoisotopic (exact) mass is 238 g/mol. The van der Waals surface area contributed by atoms with Crippen LogP contribution in [0.4, 0.5) is 8.78 Å². The van der Waals surface area contributed by atoms with Crippen LogP contribution >= 0.6 is 0 Å². The van der Waals surface area contributed by atoms with E-state index in [9.17, 15) is 13.6 Å². The molecule has 0 bridgehead atoms. The van der Waals surface area contributed by atoms with Crippen LogP contribution in [-0.2, 0) is 10.3 Å². The highest BCUT2D eigenvalue weighted by atomic mass is 19.3. The molecule has 1 aromatic rings. The van der Waals surface area contributed by atoms with Crippen molar-refractivity contribution in [3.8, 4) is 0 Å². The van der Waals surface area contributed by atoms with Crippen LogP contribution in [0.25, 0.3) is 0 Å². The minimum atomic E-state index is -2.99. The Balaban J connectivity index is 2.22. The third-order valence-corrected chi connectivity index (χ3v) is 3.94. The van der Waals surface area contributed by atoms with Crippen LogP contribution in [0.15, 0.2) is 24.3 Å². The van der Waals surface area contributed by atoms with Gasteiger partial charge in [0.1, 0.15) is 0 Å². The van der Waals surface area contributed by atoms with Crippen molar-refractivity contribution < 1.29 is 18.3 Å². The number of halogens is 2. The number of fused-ring (bicyclic) bond motifs is 2. The smallest absolute Gasteiger partial charge is 0.339 e. The van der Waals surface area contributed by atoms with E-state index in [4.69, 9.17) is 4.74 Å². The third kappa shape index (κ3) is 1.10. The van der Waals surface area contributed by atoms with Crippen molar-refractivity contribution in [2.75, 3.05) is 0 Å². The van der Waals surface area contributed by atoms with Crippen LogP contribution in [-0.4, -0.2) is 11.9 Å². The molecule has 0 radical (unpaired) electrons. The molecular weight excluding hydrogens is 226 g/mol. The Morgan fingerprint density at radius 2 is 2.06 bits per heavy atom. The van der Waals surface area contributed by atoms with Crippen LogP contribution in [0, 0.1) is 5.92 Å². The van der Waals surface area contributed by atoms with E-state index in [0.717, 1.165) is 0 Å². The normalized spacial score (nSPS) is 33.8. The lowest BCUT2D eigenvalue weighted by atomic mass is 9.87. The molecule has 1 aromatic carbocycles. The van der Waals surface area contributed by atoms with Crippen LogP contribution < -0.4 is 0 Å². The number of carbonyl (C=O) groups excluding carboxylic acids is 1. The Hall–Kier alpha value is -1.45. The molecule has 1 aliphatic carbocycles. The average molecular weight is 238 g/mol. The summed E-state index contributed by atoms with van der Waals surface area (Å²) in [7, 11) is 0. The average Bonchev–Trinajstić information content (AvgIpc) is 2.72. The number of rotatable bonds is 0. The zero-order valence-electron chi connectivity index (χ0n) is 9.37. The minimum Gasteiger partial charge on any atom is -0.444 e. The van der Waals surface area contributed by atoms with Gasteiger partial charge in [0.05, 0.1) is 5.56 Å². The molecular formula is C13H12F2O2. The Morgan fingerprint density at radius 3 is 2.71 bits per heavy atom. The van der Waals surface area contributed by atoms with E-state index in [1.165, 1.54) is 6.92 Å². The number of ether oxygens (including phenoxy) is 1. The van der Waals surface area contributed by atoms with Crippen LogP contribution in [0.1, 0.15) is 35.7 Å². The van der Waals surface area contributed by atoms with Crippen LogP contribution in [0.2, 0.25) is 0 Å². The van der Waals surface area contributed by atoms with E-state index < -0.39 is 23.4 Å². The van der Waals surface area contributed by atoms with E-state index in [1.54, 1.807) is 24.3 Å². The molecule has 1 heterocycles. The summed E-state index contributed by atoms with van der Waals surface area (Å²) in [6.07, 6.45) is 0.568. The van der Waals surface area contributed by atoms with E-state index in [2.05, 4.69) is 0 Å². The van der Waals surface area contributed by atoms with Gasteiger partial charge in [-0.25, -0.2) is 13.6 Å². The predicted octanol–water partition coefficient (Wildman–Crippen LogP) is 3.12. The second-order valence-electron chi connectivity index (χ2n) is 4.82. The van der Waals surface area contributed by atoms with Gasteiger partial charge in [-0.15, -0.1) is 0 Å². The molecule has 90 valence electrons. The van der Waals surface area contributed by atoms with E-state index >= 15 is 0 Å². The van der Waals surface area contributed by atoms with Crippen molar-refractivity contribution in [2.45, 2.75) is 31.3 Å². The largest absolute Gasteiger partial charge is 0.444 e. The van der Waals surface area contributed by atoms with Gasteiger partial charge in [0.25, 0.3) is 5.92 Å². The fraction of sp³-hybridized carbons (Fsp3) is 0.462. The van der Waals surface area contributed by atoms with E-state index in [0.29, 0.717) is 12.0 Å². The molecule has 2 unspecified atom stereocenters. The second kappa shape index (κ2) is 3.06. The molecule has 0 aromatic heterocycles. The fourth-order valence-electron chi connectivity index (χ4n) is 2.88. The second-order valence-corrected chi connectivity index (χ2v) is 4.82. The lowest BCUT2D eigenvalue weighted by Gasteiger charge is -2.32. The summed E-state index contributed by atoms with van der Waals surface area (Å²) in [5.74, 6) is -4.38. The van der Waals surface area contributed by atoms with Crippen molar-refractivity contribution in [3.05, 3.63) is 35.4 Å². The SMILES string of the molecule is CC1CCC2(OC(=O)c3ccccc32)C1(F)F. The molecule has 4 heteroatoms. The molecule has 1 spiro atoms. The summed E-state index contributed by atoms with van der Waals surface area (Å²) in [5, 5.41) is 0. The maximum absolute atomic E-state index is 14.3. The van der Waals surface area contributed by atoms with Gasteiger partial charge in [-0.1, -0.05) is 25.1 Å². The minimum absolute atomic E-state index is 0.198. The summed E-state index contributed by atoms with van der Waals surface area (Å²) in [6.45, 7) is 1.50. The molecule has 3 rings (SSSR count). The zero-order chi connectivity index (χ0) is 12.3. The van der Waals surface area contributed by atoms with Gasteiger partial charge < -0.3 is 4.74 Å². The highest BCUT2D eigenvalue weighted by Crippen LogP contribution is 2.58. The van der Waals surface area contributed by atoms with Gasteiger partial charge in [-0.3, -0.25) is 0 Å². The lowest BCUT2D eigenvalue weighted by molar-refractivity contribution is -0.178. The van der Waals surface area contributed by atoms with Gasteiger partial charge in [-0.05, 0) is 18.9 Å². The molecule has 1 aliphatic heterocycles. The molecule has 2 atom stereocenters. The maximum Gasteiger partial charge on any atom is 0.339 e. The summed E-state index contributed by atoms with van der Waals surface area (Å²) in [6, 6.07) is 6.45. The van der Waals surface area contributed by atoms with Gasteiger partial charge in [0.15, 0.2) is 0 Å². The summed E-state index contributed by atoms with van der Waals surface area (Å²) in [4.78, 5) is 11.7. The highest BCUT2D eigenvalue weighted by Gasteiger charge is 2.68. The lowest BCUT2D eigenvalue weighted by Crippen LogP contribution is -2.43. The Kier molecular flexibility index (Phi) is 1.92. The van der Waals surface area contributed by atoms with Crippen LogP contribution in [0.5, 0.6) is 0 Å². The first-order valence-electron chi connectivity index (χ1n) is 5.70. The van der Waals surface area contributed by atoms with Crippen molar-refractivity contribution in [1.82, 2.24) is 0 Å². The van der Waals surface area contributed by atoms with E-state index in [1.807, 2.05) is 0 Å². The summed E-state index contributed by atoms with van der Waals surface area (Å²) < 4.78 is 33.6. The number of hydrogen-bond donors (Lipinski definition) is 0. The Labute approximate surface area is 97.6 Å². The maximum atomic E-state index is 14.3. The first kappa shape index (κ1) is 10.7. The van der Waals surface area contributed by atoms with Gasteiger partial charge >= 0.3 is 5.97 Å². The first-order valence-corrected chi connectivity index (χ1v) is 5.70. The summed E-state index contributed by atoms with van der Waals surface area (Å²) in [5.41, 5.74) is -1.10. The van der Waals surface area contributed by atoms with Crippen molar-refractivity contribution in [3.63, 3.8) is 0 Å². The fourth-order valence-corrected chi connectivity index (χ4v) is 2.88. The Morgan fingerprint density at radius 1 is 1.35 bits per heavy atom. The molecule has 17 heavy (non-hydrogen) atoms. The van der Waals surface area contributed by atoms with E-state index in [-0.39, 0.29) is 12.0 Å². The molecule has 2 aliphatic rings. The topological polar surface area (TPSA) is 26.3 Å². The van der Waals surface area contributed by atoms with Crippen molar-refractivity contribution in [2.24, 2.45) is 5.92 Å². The molecule has 0 N–H and O–H groups in total. The number of carbonyl (C=O) groups is 1. The molecule has 0 amide bonds. The quantitative estimate of drug-likeness (QED) is 0.649. The van der Waals surface area contributed by atoms with Gasteiger partial charge in [0, 0.05) is 11.5 Å². The molecule has 0 saturated heterocycles. The summed E-state index contributed by atoms with van der Waals surface area (Å²) >= 11 is 0. The van der Waals surface area contributed by atoms with Crippen LogP contribution in [0.3, 0.4) is 0 Å². The number of hydrogen-bond acceptors (Lipinski definition) is 2. The van der Waals surface area contributed by atoms with Gasteiger partial charge in [0.2, 0.25) is 5.60 Å². The third-order valence-electron chi connectivity index (χ3n) is 3.94. The van der Waals surface area contributed by atoms with Crippen molar-refractivity contribution in [1.29, 1.82) is 0 Å². The number of alkyl halides is 2. The predicted molar refractivity (Wildman–Crippen MR) is 56.9 cm³/mol. The number of benzene rings is 1. The number of esters is 1. The molecule has 1 fully saturated rings. The first-order chi connectivity index (χ1) is 7.99. The molecule has 2 nitrogen and oxygen atoms in total.